The maximum Gasteiger partial charge on any atom is 0.0391 e. The fourth-order valence-electron chi connectivity index (χ4n) is 6.54. The Morgan fingerprint density at radius 3 is 1.90 bits per heavy atom. The van der Waals surface area contributed by atoms with Gasteiger partial charge in [-0.05, 0) is 87.4 Å². The smallest absolute Gasteiger partial charge is 0.0391 e. The topological polar surface area (TPSA) is 29.3 Å². The first-order valence-electron chi connectivity index (χ1n) is 9.26. The largest absolute Gasteiger partial charge is 0.329 e. The van der Waals surface area contributed by atoms with E-state index in [1.54, 1.807) is 6.42 Å². The van der Waals surface area contributed by atoms with E-state index in [1.165, 1.54) is 57.9 Å². The Kier molecular flexibility index (Phi) is 2.63. The molecule has 112 valence electrons. The van der Waals surface area contributed by atoms with Crippen LogP contribution >= 0.6 is 0 Å². The molecule has 2 N–H and O–H groups in total. The van der Waals surface area contributed by atoms with Gasteiger partial charge >= 0.3 is 0 Å². The summed E-state index contributed by atoms with van der Waals surface area (Å²) in [4.78, 5) is 3.00. The lowest BCUT2D eigenvalue weighted by Crippen LogP contribution is -2.70. The average Bonchev–Trinajstić information content (AvgIpc) is 3.31. The normalized spacial score (nSPS) is 50.1. The summed E-state index contributed by atoms with van der Waals surface area (Å²) in [5.41, 5.74) is 6.94. The second-order valence-corrected chi connectivity index (χ2v) is 8.83. The molecule has 4 bridgehead atoms. The zero-order valence-electron chi connectivity index (χ0n) is 12.8. The van der Waals surface area contributed by atoms with Gasteiger partial charge in [-0.25, -0.2) is 0 Å². The van der Waals surface area contributed by atoms with Gasteiger partial charge in [-0.3, -0.25) is 4.90 Å². The lowest BCUT2D eigenvalue weighted by molar-refractivity contribution is -0.135. The van der Waals surface area contributed by atoms with Gasteiger partial charge in [0.05, 0.1) is 0 Å². The van der Waals surface area contributed by atoms with Crippen molar-refractivity contribution in [3.63, 3.8) is 0 Å². The van der Waals surface area contributed by atoms with Crippen LogP contribution in [0.4, 0.5) is 0 Å². The second kappa shape index (κ2) is 4.23. The van der Waals surface area contributed by atoms with Crippen molar-refractivity contribution in [1.82, 2.24) is 4.90 Å². The molecule has 6 aliphatic rings. The fraction of sp³-hybridized carbons (Fsp3) is 1.00. The molecule has 2 nitrogen and oxygen atoms in total. The first-order valence-corrected chi connectivity index (χ1v) is 9.26. The summed E-state index contributed by atoms with van der Waals surface area (Å²) in [5.74, 6) is 5.06. The number of hydrogen-bond acceptors (Lipinski definition) is 2. The van der Waals surface area contributed by atoms with Crippen LogP contribution in [0.15, 0.2) is 0 Å². The highest BCUT2D eigenvalue weighted by atomic mass is 15.3. The Bertz CT molecular complexity index is 368. The summed E-state index contributed by atoms with van der Waals surface area (Å²) in [6.07, 6.45) is 13.5. The zero-order valence-corrected chi connectivity index (χ0v) is 12.8. The van der Waals surface area contributed by atoms with Gasteiger partial charge in [-0.15, -0.1) is 0 Å². The van der Waals surface area contributed by atoms with Gasteiger partial charge in [-0.2, -0.15) is 0 Å². The molecule has 0 aliphatic heterocycles. The van der Waals surface area contributed by atoms with E-state index in [-0.39, 0.29) is 0 Å². The first-order chi connectivity index (χ1) is 9.79. The Hall–Kier alpha value is -0.0800. The summed E-state index contributed by atoms with van der Waals surface area (Å²) in [5, 5.41) is 0. The molecule has 2 heteroatoms. The number of nitrogens with two attached hydrogens (primary N) is 1. The summed E-state index contributed by atoms with van der Waals surface area (Å²) >= 11 is 0. The SMILES string of the molecule is NCC1(N(CC2CC2)C2CC2)C2CC3CC(C2)CC1C3. The van der Waals surface area contributed by atoms with Crippen molar-refractivity contribution in [3.8, 4) is 0 Å². The van der Waals surface area contributed by atoms with E-state index in [1.807, 2.05) is 0 Å². The molecule has 6 fully saturated rings. The molecule has 0 saturated heterocycles. The van der Waals surface area contributed by atoms with Crippen molar-refractivity contribution in [2.75, 3.05) is 13.1 Å². The van der Waals surface area contributed by atoms with Crippen molar-refractivity contribution < 1.29 is 0 Å². The summed E-state index contributed by atoms with van der Waals surface area (Å²) in [6.45, 7) is 2.34. The quantitative estimate of drug-likeness (QED) is 0.835. The zero-order chi connectivity index (χ0) is 13.3. The van der Waals surface area contributed by atoms with E-state index in [0.717, 1.165) is 42.2 Å². The molecule has 0 aromatic carbocycles. The Labute approximate surface area is 123 Å². The van der Waals surface area contributed by atoms with Crippen LogP contribution < -0.4 is 5.73 Å². The number of hydrogen-bond donors (Lipinski definition) is 1. The molecule has 6 saturated carbocycles. The van der Waals surface area contributed by atoms with Crippen LogP contribution in [0, 0.1) is 29.6 Å². The van der Waals surface area contributed by atoms with Crippen molar-refractivity contribution in [2.45, 2.75) is 69.4 Å². The van der Waals surface area contributed by atoms with Crippen LogP contribution in [0.5, 0.6) is 0 Å². The highest BCUT2D eigenvalue weighted by Crippen LogP contribution is 2.61. The molecule has 0 amide bonds. The molecule has 0 unspecified atom stereocenters. The van der Waals surface area contributed by atoms with E-state index in [9.17, 15) is 0 Å². The van der Waals surface area contributed by atoms with Gasteiger partial charge < -0.3 is 5.73 Å². The minimum absolute atomic E-state index is 0.428. The standard InChI is InChI=1S/C18H30N2/c19-11-18(20(17-3-4-17)10-12-1-2-12)15-6-13-5-14(8-15)9-16(18)7-13/h12-17H,1-11,19H2. The molecular weight excluding hydrogens is 244 g/mol. The molecule has 0 aromatic heterocycles. The third-order valence-electron chi connectivity index (χ3n) is 7.55. The Morgan fingerprint density at radius 1 is 0.850 bits per heavy atom. The summed E-state index contributed by atoms with van der Waals surface area (Å²) in [7, 11) is 0. The minimum atomic E-state index is 0.428. The average molecular weight is 274 g/mol. The summed E-state index contributed by atoms with van der Waals surface area (Å²) in [6, 6.07) is 0.914. The van der Waals surface area contributed by atoms with Crippen LogP contribution in [0.1, 0.15) is 57.8 Å². The highest BCUT2D eigenvalue weighted by molar-refractivity contribution is 5.15. The Balaban J connectivity index is 1.50. The van der Waals surface area contributed by atoms with E-state index in [0.29, 0.717) is 5.54 Å². The van der Waals surface area contributed by atoms with Crippen LogP contribution in [0.3, 0.4) is 0 Å². The fourth-order valence-corrected chi connectivity index (χ4v) is 6.54. The highest BCUT2D eigenvalue weighted by Gasteiger charge is 2.61. The van der Waals surface area contributed by atoms with Crippen molar-refractivity contribution in [1.29, 1.82) is 0 Å². The molecule has 0 atom stereocenters. The lowest BCUT2D eigenvalue weighted by atomic mass is 9.48. The van der Waals surface area contributed by atoms with E-state index in [2.05, 4.69) is 4.90 Å². The number of nitrogens with zero attached hydrogens (tertiary/aromatic N) is 1. The van der Waals surface area contributed by atoms with Gasteiger partial charge in [0, 0.05) is 24.7 Å². The van der Waals surface area contributed by atoms with E-state index >= 15 is 0 Å². The molecule has 6 rings (SSSR count). The molecule has 0 heterocycles. The lowest BCUT2D eigenvalue weighted by Gasteiger charge is -2.65. The minimum Gasteiger partial charge on any atom is -0.329 e. The Morgan fingerprint density at radius 2 is 1.45 bits per heavy atom. The van der Waals surface area contributed by atoms with Gasteiger partial charge in [0.1, 0.15) is 0 Å². The van der Waals surface area contributed by atoms with E-state index in [4.69, 9.17) is 5.73 Å². The molecule has 0 spiro atoms. The van der Waals surface area contributed by atoms with Gasteiger partial charge in [0.2, 0.25) is 0 Å². The van der Waals surface area contributed by atoms with Gasteiger partial charge in [0.25, 0.3) is 0 Å². The van der Waals surface area contributed by atoms with Crippen LogP contribution in [0.2, 0.25) is 0 Å². The molecule has 0 radical (unpaired) electrons. The first kappa shape index (κ1) is 12.5. The summed E-state index contributed by atoms with van der Waals surface area (Å²) < 4.78 is 0. The van der Waals surface area contributed by atoms with Crippen molar-refractivity contribution in [3.05, 3.63) is 0 Å². The molecular formula is C18H30N2. The van der Waals surface area contributed by atoms with Gasteiger partial charge in [0.15, 0.2) is 0 Å². The molecule has 20 heavy (non-hydrogen) atoms. The third kappa shape index (κ3) is 1.70. The third-order valence-corrected chi connectivity index (χ3v) is 7.55. The van der Waals surface area contributed by atoms with Crippen LogP contribution in [0.25, 0.3) is 0 Å². The van der Waals surface area contributed by atoms with Gasteiger partial charge in [-0.1, -0.05) is 0 Å². The van der Waals surface area contributed by atoms with Crippen molar-refractivity contribution >= 4 is 0 Å². The predicted octanol–water partition coefficient (Wildman–Crippen LogP) is 3.01. The predicted molar refractivity (Wildman–Crippen MR) is 81.3 cm³/mol. The number of rotatable bonds is 5. The monoisotopic (exact) mass is 274 g/mol. The van der Waals surface area contributed by atoms with Crippen molar-refractivity contribution in [2.24, 2.45) is 35.3 Å². The van der Waals surface area contributed by atoms with Crippen LogP contribution in [-0.2, 0) is 0 Å². The maximum atomic E-state index is 6.51. The maximum absolute atomic E-state index is 6.51. The van der Waals surface area contributed by atoms with Crippen LogP contribution in [-0.4, -0.2) is 29.6 Å². The molecule has 6 aliphatic carbocycles. The van der Waals surface area contributed by atoms with E-state index < -0.39 is 0 Å². The molecule has 0 aromatic rings. The second-order valence-electron chi connectivity index (χ2n) is 8.83.